The molecule has 1 rings (SSSR count). The quantitative estimate of drug-likeness (QED) is 0.244. The van der Waals surface area contributed by atoms with Crippen molar-refractivity contribution in [1.29, 1.82) is 0 Å². The fourth-order valence-electron chi connectivity index (χ4n) is 1.34. The summed E-state index contributed by atoms with van der Waals surface area (Å²) in [4.78, 5) is 0. The van der Waals surface area contributed by atoms with Crippen LogP contribution in [0.5, 0.6) is 0 Å². The average molecular weight is 160 g/mol. The zero-order valence-electron chi connectivity index (χ0n) is 8.39. The van der Waals surface area contributed by atoms with E-state index in [1.54, 1.807) is 0 Å². The van der Waals surface area contributed by atoms with Gasteiger partial charge < -0.3 is 21.8 Å². The van der Waals surface area contributed by atoms with E-state index < -0.39 is 11.4 Å². The summed E-state index contributed by atoms with van der Waals surface area (Å²) in [7, 11) is 0. The van der Waals surface area contributed by atoms with E-state index in [1.807, 2.05) is 27.7 Å². The maximum atomic E-state index is 6.98. The van der Waals surface area contributed by atoms with Gasteiger partial charge >= 0.3 is 18.9 Å². The van der Waals surface area contributed by atoms with Crippen LogP contribution < -0.4 is 18.9 Å². The van der Waals surface area contributed by atoms with E-state index in [0.717, 1.165) is 0 Å². The fourth-order valence-corrected chi connectivity index (χ4v) is 1.34. The minimum Gasteiger partial charge on any atom is -0.691 e. The van der Waals surface area contributed by atoms with Gasteiger partial charge in [0.25, 0.3) is 0 Å². The van der Waals surface area contributed by atoms with Crippen molar-refractivity contribution in [1.82, 2.24) is 0 Å². The molecule has 1 heterocycles. The summed E-state index contributed by atoms with van der Waals surface area (Å²) in [6.07, 6.45) is 6.63. The van der Waals surface area contributed by atoms with Crippen LogP contribution in [0.15, 0.2) is 0 Å². The SMILES string of the molecule is [C-]#C[C@H]1OC(C)(C)OC1(C)C.[Li+]. The zero-order chi connectivity index (χ0) is 8.70. The summed E-state index contributed by atoms with van der Waals surface area (Å²) in [5.74, 6) is 1.73. The Morgan fingerprint density at radius 1 is 1.25 bits per heavy atom. The summed E-state index contributed by atoms with van der Waals surface area (Å²) in [6, 6.07) is 0. The van der Waals surface area contributed by atoms with E-state index >= 15 is 0 Å². The van der Waals surface area contributed by atoms with E-state index in [0.29, 0.717) is 0 Å². The number of hydrogen-bond acceptors (Lipinski definition) is 2. The molecule has 2 nitrogen and oxygen atoms in total. The van der Waals surface area contributed by atoms with E-state index in [9.17, 15) is 0 Å². The van der Waals surface area contributed by atoms with Gasteiger partial charge in [-0.2, -0.15) is 0 Å². The van der Waals surface area contributed by atoms with Crippen LogP contribution in [0, 0.1) is 12.3 Å². The van der Waals surface area contributed by atoms with Crippen molar-refractivity contribution in [2.45, 2.75) is 45.2 Å². The molecule has 3 heteroatoms. The molecule has 0 aromatic rings. The fraction of sp³-hybridized carbons (Fsp3) is 0.778. The van der Waals surface area contributed by atoms with Crippen molar-refractivity contribution in [3.63, 3.8) is 0 Å². The first-order chi connectivity index (χ1) is 4.87. The number of ether oxygens (including phenoxy) is 2. The van der Waals surface area contributed by atoms with Crippen molar-refractivity contribution < 1.29 is 28.3 Å². The molecule has 1 saturated heterocycles. The third-order valence-electron chi connectivity index (χ3n) is 1.67. The molecule has 62 valence electrons. The molecular formula is C9H13LiO2. The van der Waals surface area contributed by atoms with Crippen molar-refractivity contribution in [2.75, 3.05) is 0 Å². The topological polar surface area (TPSA) is 18.5 Å². The van der Waals surface area contributed by atoms with Crippen LogP contribution in [0.4, 0.5) is 0 Å². The summed E-state index contributed by atoms with van der Waals surface area (Å²) < 4.78 is 10.9. The molecule has 0 aromatic carbocycles. The predicted molar refractivity (Wildman–Crippen MR) is 41.2 cm³/mol. The predicted octanol–water partition coefficient (Wildman–Crippen LogP) is -1.49. The second-order valence-electron chi connectivity index (χ2n) is 3.75. The Morgan fingerprint density at radius 3 is 1.92 bits per heavy atom. The zero-order valence-corrected chi connectivity index (χ0v) is 8.39. The molecule has 1 atom stereocenters. The molecule has 0 saturated carbocycles. The first kappa shape index (κ1) is 12.1. The van der Waals surface area contributed by atoms with Gasteiger partial charge in [-0.05, 0) is 27.7 Å². The largest absolute Gasteiger partial charge is 1.00 e. The summed E-state index contributed by atoms with van der Waals surface area (Å²) in [5, 5.41) is 0. The van der Waals surface area contributed by atoms with Gasteiger partial charge in [-0.3, -0.25) is 0 Å². The van der Waals surface area contributed by atoms with Crippen LogP contribution in [-0.2, 0) is 9.47 Å². The second-order valence-corrected chi connectivity index (χ2v) is 3.75. The normalized spacial score (nSPS) is 30.4. The van der Waals surface area contributed by atoms with Crippen molar-refractivity contribution in [2.24, 2.45) is 0 Å². The summed E-state index contributed by atoms with van der Waals surface area (Å²) >= 11 is 0. The van der Waals surface area contributed by atoms with Crippen molar-refractivity contribution in [3.05, 3.63) is 6.42 Å². The molecular weight excluding hydrogens is 147 g/mol. The van der Waals surface area contributed by atoms with Gasteiger partial charge in [-0.25, -0.2) is 0 Å². The number of hydrogen-bond donors (Lipinski definition) is 0. The molecule has 0 radical (unpaired) electrons. The standard InChI is InChI=1S/C9H13O2.Li/c1-6-7-8(2,3)11-9(4,5)10-7;/h7H,2-5H3;/q-1;+1/t7-;/m1./s1. The van der Waals surface area contributed by atoms with Crippen molar-refractivity contribution >= 4 is 0 Å². The second kappa shape index (κ2) is 3.44. The van der Waals surface area contributed by atoms with Gasteiger partial charge in [0.2, 0.25) is 0 Å². The van der Waals surface area contributed by atoms with Crippen LogP contribution >= 0.6 is 0 Å². The van der Waals surface area contributed by atoms with Gasteiger partial charge in [0, 0.05) is 0 Å². The molecule has 1 aliphatic rings. The molecule has 0 aliphatic carbocycles. The molecule has 12 heavy (non-hydrogen) atoms. The molecule has 0 aromatic heterocycles. The Hall–Kier alpha value is 0.0774. The first-order valence-corrected chi connectivity index (χ1v) is 3.68. The van der Waals surface area contributed by atoms with Crippen LogP contribution in [0.2, 0.25) is 0 Å². The molecule has 0 spiro atoms. The maximum Gasteiger partial charge on any atom is 1.00 e. The number of rotatable bonds is 0. The Morgan fingerprint density at radius 2 is 1.75 bits per heavy atom. The molecule has 0 amide bonds. The van der Waals surface area contributed by atoms with Crippen LogP contribution in [0.25, 0.3) is 0 Å². The minimum atomic E-state index is -0.581. The van der Waals surface area contributed by atoms with E-state index in [-0.39, 0.29) is 25.0 Å². The van der Waals surface area contributed by atoms with Gasteiger partial charge in [0.1, 0.15) is 11.7 Å². The monoisotopic (exact) mass is 160 g/mol. The van der Waals surface area contributed by atoms with E-state index in [2.05, 4.69) is 5.92 Å². The third kappa shape index (κ3) is 2.28. The van der Waals surface area contributed by atoms with E-state index in [1.165, 1.54) is 0 Å². The Kier molecular flexibility index (Phi) is 3.46. The minimum absolute atomic E-state index is 0. The van der Waals surface area contributed by atoms with Gasteiger partial charge in [0.05, 0.1) is 0 Å². The average Bonchev–Trinajstić information content (AvgIpc) is 1.99. The Bertz CT molecular complexity index is 203. The van der Waals surface area contributed by atoms with Gasteiger partial charge in [0.15, 0.2) is 5.79 Å². The molecule has 0 N–H and O–H groups in total. The molecule has 0 bridgehead atoms. The smallest absolute Gasteiger partial charge is 0.691 e. The molecule has 0 unspecified atom stereocenters. The van der Waals surface area contributed by atoms with Gasteiger partial charge in [-0.15, -0.1) is 0 Å². The summed E-state index contributed by atoms with van der Waals surface area (Å²) in [6.45, 7) is 7.47. The molecule has 1 fully saturated rings. The van der Waals surface area contributed by atoms with Gasteiger partial charge in [-0.1, -0.05) is 0 Å². The Balaban J connectivity index is 0.00000121. The van der Waals surface area contributed by atoms with Crippen LogP contribution in [-0.4, -0.2) is 17.5 Å². The first-order valence-electron chi connectivity index (χ1n) is 3.68. The van der Waals surface area contributed by atoms with E-state index in [4.69, 9.17) is 15.9 Å². The Labute approximate surface area is 86.2 Å². The third-order valence-corrected chi connectivity index (χ3v) is 1.67. The van der Waals surface area contributed by atoms with Crippen LogP contribution in [0.1, 0.15) is 27.7 Å². The maximum absolute atomic E-state index is 6.98. The molecule has 1 aliphatic heterocycles. The summed E-state index contributed by atoms with van der Waals surface area (Å²) in [5.41, 5.74) is -0.425. The van der Waals surface area contributed by atoms with Crippen LogP contribution in [0.3, 0.4) is 0 Å². The van der Waals surface area contributed by atoms with Crippen molar-refractivity contribution in [3.8, 4) is 5.92 Å².